The molecule has 0 atom stereocenters. The first-order valence-corrected chi connectivity index (χ1v) is 8.07. The van der Waals surface area contributed by atoms with E-state index < -0.39 is 0 Å². The second-order valence-corrected chi connectivity index (χ2v) is 5.83. The van der Waals surface area contributed by atoms with Gasteiger partial charge in [0.05, 0.1) is 0 Å². The highest BCUT2D eigenvalue weighted by Crippen LogP contribution is 2.14. The molecule has 1 rings (SSSR count). The number of hydrogen-bond donors (Lipinski definition) is 1. The average Bonchev–Trinajstić information content (AvgIpc) is 2.46. The third-order valence-electron chi connectivity index (χ3n) is 3.33. The zero-order valence-electron chi connectivity index (χ0n) is 13.9. The number of rotatable bonds is 9. The number of nitrogens with zero attached hydrogens (tertiary/aromatic N) is 2. The molecular weight excluding hydrogens is 262 g/mol. The molecule has 4 nitrogen and oxygen atoms in total. The van der Waals surface area contributed by atoms with Crippen molar-refractivity contribution < 1.29 is 4.79 Å². The summed E-state index contributed by atoms with van der Waals surface area (Å²) in [5.41, 5.74) is 0.695. The Morgan fingerprint density at radius 1 is 1.29 bits per heavy atom. The van der Waals surface area contributed by atoms with Crippen LogP contribution in [0.2, 0.25) is 0 Å². The molecule has 21 heavy (non-hydrogen) atoms. The van der Waals surface area contributed by atoms with Gasteiger partial charge in [0.2, 0.25) is 0 Å². The molecule has 118 valence electrons. The molecule has 0 aliphatic heterocycles. The van der Waals surface area contributed by atoms with Crippen molar-refractivity contribution in [2.24, 2.45) is 5.92 Å². The van der Waals surface area contributed by atoms with Crippen molar-refractivity contribution in [1.82, 2.24) is 10.3 Å². The number of amides is 1. The topological polar surface area (TPSA) is 45.2 Å². The molecule has 1 heterocycles. The van der Waals surface area contributed by atoms with Crippen molar-refractivity contribution in [3.63, 3.8) is 0 Å². The van der Waals surface area contributed by atoms with Crippen LogP contribution in [0.4, 0.5) is 5.82 Å². The largest absolute Gasteiger partial charge is 0.357 e. The summed E-state index contributed by atoms with van der Waals surface area (Å²) in [5.74, 6) is 1.49. The Kier molecular flexibility index (Phi) is 7.80. The van der Waals surface area contributed by atoms with Crippen LogP contribution in [-0.2, 0) is 0 Å². The maximum absolute atomic E-state index is 12.2. The van der Waals surface area contributed by atoms with Crippen LogP contribution in [0.3, 0.4) is 0 Å². The van der Waals surface area contributed by atoms with E-state index in [1.165, 1.54) is 0 Å². The van der Waals surface area contributed by atoms with Gasteiger partial charge in [-0.05, 0) is 37.3 Å². The minimum atomic E-state index is -0.00718. The van der Waals surface area contributed by atoms with Gasteiger partial charge in [0, 0.05) is 31.4 Å². The Bertz CT molecular complexity index is 426. The quantitative estimate of drug-likeness (QED) is 0.757. The molecule has 0 spiro atoms. The fraction of sp³-hybridized carbons (Fsp3) is 0.647. The summed E-state index contributed by atoms with van der Waals surface area (Å²) in [5, 5.41) is 2.98. The summed E-state index contributed by atoms with van der Waals surface area (Å²) in [6, 6.07) is 3.68. The van der Waals surface area contributed by atoms with E-state index in [4.69, 9.17) is 0 Å². The SMILES string of the molecule is CCCN(CCC)c1cc(C(=O)NCCC(C)C)ccn1. The molecule has 0 saturated carbocycles. The third-order valence-corrected chi connectivity index (χ3v) is 3.33. The molecule has 0 aliphatic rings. The molecule has 0 aliphatic carbocycles. The fourth-order valence-electron chi connectivity index (χ4n) is 2.19. The zero-order chi connectivity index (χ0) is 15.7. The maximum Gasteiger partial charge on any atom is 0.251 e. The molecule has 1 aromatic heterocycles. The van der Waals surface area contributed by atoms with Gasteiger partial charge in [-0.3, -0.25) is 4.79 Å². The van der Waals surface area contributed by atoms with Crippen LogP contribution in [0, 0.1) is 5.92 Å². The van der Waals surface area contributed by atoms with Gasteiger partial charge in [-0.15, -0.1) is 0 Å². The Morgan fingerprint density at radius 3 is 2.52 bits per heavy atom. The molecule has 4 heteroatoms. The smallest absolute Gasteiger partial charge is 0.251 e. The van der Waals surface area contributed by atoms with Crippen molar-refractivity contribution in [2.45, 2.75) is 47.0 Å². The summed E-state index contributed by atoms with van der Waals surface area (Å²) < 4.78 is 0. The minimum Gasteiger partial charge on any atom is -0.357 e. The van der Waals surface area contributed by atoms with Crippen LogP contribution in [0.25, 0.3) is 0 Å². The lowest BCUT2D eigenvalue weighted by atomic mass is 10.1. The van der Waals surface area contributed by atoms with E-state index >= 15 is 0 Å². The van der Waals surface area contributed by atoms with Crippen LogP contribution < -0.4 is 10.2 Å². The molecular formula is C17H29N3O. The molecule has 0 aromatic carbocycles. The van der Waals surface area contributed by atoms with Crippen molar-refractivity contribution >= 4 is 11.7 Å². The number of pyridine rings is 1. The van der Waals surface area contributed by atoms with Gasteiger partial charge in [-0.2, -0.15) is 0 Å². The predicted octanol–water partition coefficient (Wildman–Crippen LogP) is 3.48. The minimum absolute atomic E-state index is 0.00718. The highest BCUT2D eigenvalue weighted by molar-refractivity contribution is 5.94. The van der Waals surface area contributed by atoms with Crippen LogP contribution >= 0.6 is 0 Å². The van der Waals surface area contributed by atoms with E-state index in [2.05, 4.69) is 42.9 Å². The Morgan fingerprint density at radius 2 is 1.95 bits per heavy atom. The van der Waals surface area contributed by atoms with Crippen molar-refractivity contribution in [3.05, 3.63) is 23.9 Å². The lowest BCUT2D eigenvalue weighted by Crippen LogP contribution is -2.28. The van der Waals surface area contributed by atoms with E-state index in [1.54, 1.807) is 12.3 Å². The van der Waals surface area contributed by atoms with E-state index in [-0.39, 0.29) is 5.91 Å². The highest BCUT2D eigenvalue weighted by atomic mass is 16.1. The molecule has 1 N–H and O–H groups in total. The summed E-state index contributed by atoms with van der Waals surface area (Å²) >= 11 is 0. The molecule has 0 unspecified atom stereocenters. The first-order chi connectivity index (χ1) is 10.1. The summed E-state index contributed by atoms with van der Waals surface area (Å²) in [7, 11) is 0. The van der Waals surface area contributed by atoms with Gasteiger partial charge < -0.3 is 10.2 Å². The maximum atomic E-state index is 12.2. The van der Waals surface area contributed by atoms with Crippen molar-refractivity contribution in [1.29, 1.82) is 0 Å². The monoisotopic (exact) mass is 291 g/mol. The number of carbonyl (C=O) groups is 1. The summed E-state index contributed by atoms with van der Waals surface area (Å²) in [6.45, 7) is 11.3. The number of aromatic nitrogens is 1. The van der Waals surface area contributed by atoms with E-state index in [9.17, 15) is 4.79 Å². The fourth-order valence-corrected chi connectivity index (χ4v) is 2.19. The summed E-state index contributed by atoms with van der Waals surface area (Å²) in [6.07, 6.45) is 4.88. The average molecular weight is 291 g/mol. The number of carbonyl (C=O) groups excluding carboxylic acids is 1. The van der Waals surface area contributed by atoms with E-state index in [1.807, 2.05) is 6.07 Å². The molecule has 1 amide bonds. The van der Waals surface area contributed by atoms with Crippen LogP contribution in [0.1, 0.15) is 57.3 Å². The van der Waals surface area contributed by atoms with Gasteiger partial charge in [0.15, 0.2) is 0 Å². The normalized spacial score (nSPS) is 10.7. The molecule has 0 saturated heterocycles. The predicted molar refractivity (Wildman–Crippen MR) is 88.8 cm³/mol. The molecule has 0 fully saturated rings. The Balaban J connectivity index is 2.71. The van der Waals surface area contributed by atoms with Gasteiger partial charge in [-0.25, -0.2) is 4.98 Å². The van der Waals surface area contributed by atoms with E-state index in [0.717, 1.165) is 44.7 Å². The Labute approximate surface area is 129 Å². The zero-order valence-corrected chi connectivity index (χ0v) is 13.9. The lowest BCUT2D eigenvalue weighted by Gasteiger charge is -2.22. The van der Waals surface area contributed by atoms with Crippen molar-refractivity contribution in [3.8, 4) is 0 Å². The summed E-state index contributed by atoms with van der Waals surface area (Å²) in [4.78, 5) is 18.8. The third kappa shape index (κ3) is 6.15. The second-order valence-electron chi connectivity index (χ2n) is 5.83. The van der Waals surface area contributed by atoms with Gasteiger partial charge in [-0.1, -0.05) is 27.7 Å². The second kappa shape index (κ2) is 9.37. The highest BCUT2D eigenvalue weighted by Gasteiger charge is 2.10. The van der Waals surface area contributed by atoms with Crippen LogP contribution in [0.15, 0.2) is 18.3 Å². The van der Waals surface area contributed by atoms with Crippen molar-refractivity contribution in [2.75, 3.05) is 24.5 Å². The Hall–Kier alpha value is -1.58. The first kappa shape index (κ1) is 17.5. The number of hydrogen-bond acceptors (Lipinski definition) is 3. The molecule has 1 aromatic rings. The molecule has 0 bridgehead atoms. The van der Waals surface area contributed by atoms with E-state index in [0.29, 0.717) is 11.5 Å². The van der Waals surface area contributed by atoms with Gasteiger partial charge in [0.1, 0.15) is 5.82 Å². The van der Waals surface area contributed by atoms with Crippen LogP contribution in [-0.4, -0.2) is 30.5 Å². The molecule has 0 radical (unpaired) electrons. The number of anilines is 1. The standard InChI is InChI=1S/C17H29N3O/c1-5-11-20(12-6-2)16-13-15(8-10-18-16)17(21)19-9-7-14(3)4/h8,10,13-14H,5-7,9,11-12H2,1-4H3,(H,19,21). The lowest BCUT2D eigenvalue weighted by molar-refractivity contribution is 0.0952. The first-order valence-electron chi connectivity index (χ1n) is 8.07. The van der Waals surface area contributed by atoms with Crippen LogP contribution in [0.5, 0.6) is 0 Å². The number of nitrogens with one attached hydrogen (secondary N) is 1. The van der Waals surface area contributed by atoms with Gasteiger partial charge >= 0.3 is 0 Å². The van der Waals surface area contributed by atoms with Gasteiger partial charge in [0.25, 0.3) is 5.91 Å².